The zero-order valence-electron chi connectivity index (χ0n) is 12.4. The van der Waals surface area contributed by atoms with Crippen LogP contribution in [0.1, 0.15) is 23.2 Å². The Balaban J connectivity index is 2.04. The Morgan fingerprint density at radius 1 is 1.22 bits per heavy atom. The molecular formula is C15H18N2O5S. The van der Waals surface area contributed by atoms with E-state index in [4.69, 9.17) is 10.5 Å². The zero-order chi connectivity index (χ0) is 16.9. The van der Waals surface area contributed by atoms with Crippen LogP contribution in [0.3, 0.4) is 0 Å². The average molecular weight is 338 g/mol. The van der Waals surface area contributed by atoms with Crippen LogP contribution in [0, 0.1) is 0 Å². The second kappa shape index (κ2) is 7.36. The Labute approximate surface area is 137 Å². The highest BCUT2D eigenvalue weighted by molar-refractivity contribution is 7.99. The molecule has 8 heteroatoms. The predicted molar refractivity (Wildman–Crippen MR) is 85.5 cm³/mol. The lowest BCUT2D eigenvalue weighted by atomic mass is 9.92. The molecule has 1 aliphatic rings. The molecule has 7 nitrogen and oxygen atoms in total. The molecule has 0 radical (unpaired) electrons. The van der Waals surface area contributed by atoms with Gasteiger partial charge in [-0.3, -0.25) is 9.59 Å². The summed E-state index contributed by atoms with van der Waals surface area (Å²) < 4.78 is 5.11. The number of carbonyl (C=O) groups is 3. The fourth-order valence-corrected chi connectivity index (χ4v) is 3.45. The van der Waals surface area contributed by atoms with Crippen LogP contribution in [-0.4, -0.2) is 46.5 Å². The Morgan fingerprint density at radius 3 is 2.35 bits per heavy atom. The van der Waals surface area contributed by atoms with Crippen LogP contribution >= 0.6 is 11.8 Å². The molecule has 1 heterocycles. The second-order valence-electron chi connectivity index (χ2n) is 5.23. The molecule has 1 fully saturated rings. The van der Waals surface area contributed by atoms with Gasteiger partial charge in [0.05, 0.1) is 0 Å². The van der Waals surface area contributed by atoms with E-state index in [0.29, 0.717) is 35.7 Å². The summed E-state index contributed by atoms with van der Waals surface area (Å²) >= 11 is 1.68. The second-order valence-corrected chi connectivity index (χ2v) is 6.46. The summed E-state index contributed by atoms with van der Waals surface area (Å²) in [6.07, 6.45) is 0.803. The van der Waals surface area contributed by atoms with Crippen molar-refractivity contribution in [3.05, 3.63) is 29.8 Å². The largest absolute Gasteiger partial charge is 0.484 e. The lowest BCUT2D eigenvalue weighted by molar-refractivity contribution is -0.144. The number of benzene rings is 1. The van der Waals surface area contributed by atoms with E-state index in [0.717, 1.165) is 0 Å². The van der Waals surface area contributed by atoms with Crippen molar-refractivity contribution in [2.45, 2.75) is 18.4 Å². The van der Waals surface area contributed by atoms with Crippen molar-refractivity contribution in [3.8, 4) is 5.75 Å². The number of nitrogens with one attached hydrogen (secondary N) is 1. The fourth-order valence-electron chi connectivity index (χ4n) is 2.26. The van der Waals surface area contributed by atoms with Crippen molar-refractivity contribution >= 4 is 29.5 Å². The van der Waals surface area contributed by atoms with Crippen LogP contribution in [0.4, 0.5) is 0 Å². The van der Waals surface area contributed by atoms with Crippen LogP contribution < -0.4 is 15.8 Å². The van der Waals surface area contributed by atoms with Gasteiger partial charge >= 0.3 is 5.97 Å². The minimum atomic E-state index is -1.20. The number of ether oxygens (including phenoxy) is 1. The quantitative estimate of drug-likeness (QED) is 0.700. The SMILES string of the molecule is NC(=O)COc1ccc(C(=O)NC2(C(=O)O)CCSCC2)cc1. The molecule has 0 spiro atoms. The van der Waals surface area contributed by atoms with Gasteiger partial charge in [0.25, 0.3) is 11.8 Å². The number of carboxylic acid groups (broad SMARTS) is 1. The Hall–Kier alpha value is -2.22. The lowest BCUT2D eigenvalue weighted by Gasteiger charge is -2.33. The first kappa shape index (κ1) is 17.1. The summed E-state index contributed by atoms with van der Waals surface area (Å²) in [5, 5.41) is 12.1. The van der Waals surface area contributed by atoms with Crippen molar-refractivity contribution in [1.82, 2.24) is 5.32 Å². The highest BCUT2D eigenvalue weighted by Gasteiger charge is 2.41. The van der Waals surface area contributed by atoms with Gasteiger partial charge in [-0.2, -0.15) is 11.8 Å². The van der Waals surface area contributed by atoms with Crippen molar-refractivity contribution in [1.29, 1.82) is 0 Å². The van der Waals surface area contributed by atoms with Crippen molar-refractivity contribution in [3.63, 3.8) is 0 Å². The van der Waals surface area contributed by atoms with E-state index < -0.39 is 23.3 Å². The number of carboxylic acids is 1. The lowest BCUT2D eigenvalue weighted by Crippen LogP contribution is -2.56. The third-order valence-corrected chi connectivity index (χ3v) is 4.59. The molecule has 0 atom stereocenters. The van der Waals surface area contributed by atoms with E-state index in [9.17, 15) is 19.5 Å². The number of amides is 2. The number of rotatable bonds is 6. The molecule has 0 unspecified atom stereocenters. The van der Waals surface area contributed by atoms with Crippen molar-refractivity contribution < 1.29 is 24.2 Å². The summed E-state index contributed by atoms with van der Waals surface area (Å²) in [4.78, 5) is 34.5. The van der Waals surface area contributed by atoms with Gasteiger partial charge in [0.1, 0.15) is 11.3 Å². The molecule has 1 saturated heterocycles. The topological polar surface area (TPSA) is 119 Å². The third-order valence-electron chi connectivity index (χ3n) is 3.61. The normalized spacial score (nSPS) is 16.3. The molecule has 1 aromatic rings. The summed E-state index contributed by atoms with van der Waals surface area (Å²) in [6.45, 7) is -0.245. The summed E-state index contributed by atoms with van der Waals surface area (Å²) in [6, 6.07) is 6.08. The number of thioether (sulfide) groups is 1. The molecule has 0 aromatic heterocycles. The molecule has 1 aliphatic heterocycles. The number of primary amides is 1. The monoisotopic (exact) mass is 338 g/mol. The smallest absolute Gasteiger partial charge is 0.329 e. The maximum atomic E-state index is 12.3. The summed E-state index contributed by atoms with van der Waals surface area (Å²) in [5.74, 6) is -0.236. The van der Waals surface area contributed by atoms with Crippen LogP contribution in [0.25, 0.3) is 0 Å². The van der Waals surface area contributed by atoms with Gasteiger partial charge in [-0.05, 0) is 48.6 Å². The van der Waals surface area contributed by atoms with E-state index in [-0.39, 0.29) is 6.61 Å². The molecule has 1 aromatic carbocycles. The molecule has 2 amide bonds. The average Bonchev–Trinajstić information content (AvgIpc) is 2.54. The van der Waals surface area contributed by atoms with E-state index in [1.54, 1.807) is 11.8 Å². The number of hydrogen-bond acceptors (Lipinski definition) is 5. The van der Waals surface area contributed by atoms with Crippen LogP contribution in [0.15, 0.2) is 24.3 Å². The number of carbonyl (C=O) groups excluding carboxylic acids is 2. The predicted octanol–water partition coefficient (Wildman–Crippen LogP) is 0.631. The van der Waals surface area contributed by atoms with Gasteiger partial charge in [0.15, 0.2) is 6.61 Å². The molecule has 124 valence electrons. The van der Waals surface area contributed by atoms with Crippen LogP contribution in [-0.2, 0) is 9.59 Å². The van der Waals surface area contributed by atoms with Gasteiger partial charge in [0.2, 0.25) is 0 Å². The standard InChI is InChI=1S/C15H18N2O5S/c16-12(18)9-22-11-3-1-10(2-4-11)13(19)17-15(14(20)21)5-7-23-8-6-15/h1-4H,5-9H2,(H2,16,18)(H,17,19)(H,20,21). The minimum absolute atomic E-state index is 0.245. The maximum Gasteiger partial charge on any atom is 0.329 e. The first-order chi connectivity index (χ1) is 10.9. The van der Waals surface area contributed by atoms with E-state index in [2.05, 4.69) is 5.32 Å². The van der Waals surface area contributed by atoms with E-state index >= 15 is 0 Å². The van der Waals surface area contributed by atoms with Crippen molar-refractivity contribution in [2.75, 3.05) is 18.1 Å². The number of hydrogen-bond donors (Lipinski definition) is 3. The van der Waals surface area contributed by atoms with Gasteiger partial charge in [0, 0.05) is 5.56 Å². The molecule has 23 heavy (non-hydrogen) atoms. The number of aliphatic carboxylic acids is 1. The van der Waals surface area contributed by atoms with Crippen molar-refractivity contribution in [2.24, 2.45) is 5.73 Å². The van der Waals surface area contributed by atoms with Gasteiger partial charge in [-0.25, -0.2) is 4.79 Å². The molecular weight excluding hydrogens is 320 g/mol. The third kappa shape index (κ3) is 4.38. The van der Waals surface area contributed by atoms with Gasteiger partial charge in [-0.15, -0.1) is 0 Å². The molecule has 4 N–H and O–H groups in total. The molecule has 2 rings (SSSR count). The summed E-state index contributed by atoms with van der Waals surface area (Å²) in [5.41, 5.74) is 4.10. The Kier molecular flexibility index (Phi) is 5.49. The first-order valence-corrected chi connectivity index (χ1v) is 8.23. The minimum Gasteiger partial charge on any atom is -0.484 e. The molecule has 0 aliphatic carbocycles. The Morgan fingerprint density at radius 2 is 1.83 bits per heavy atom. The van der Waals surface area contributed by atoms with E-state index in [1.807, 2.05) is 0 Å². The Bertz CT molecular complexity index is 596. The number of nitrogens with two attached hydrogens (primary N) is 1. The molecule has 0 saturated carbocycles. The first-order valence-electron chi connectivity index (χ1n) is 7.08. The maximum absolute atomic E-state index is 12.3. The highest BCUT2D eigenvalue weighted by Crippen LogP contribution is 2.28. The van der Waals surface area contributed by atoms with Gasteiger partial charge in [-0.1, -0.05) is 0 Å². The van der Waals surface area contributed by atoms with Gasteiger partial charge < -0.3 is 20.9 Å². The molecule has 0 bridgehead atoms. The summed E-state index contributed by atoms with van der Waals surface area (Å²) in [7, 11) is 0. The van der Waals surface area contributed by atoms with Crippen LogP contribution in [0.2, 0.25) is 0 Å². The van der Waals surface area contributed by atoms with E-state index in [1.165, 1.54) is 24.3 Å². The van der Waals surface area contributed by atoms with Crippen LogP contribution in [0.5, 0.6) is 5.75 Å². The zero-order valence-corrected chi connectivity index (χ0v) is 13.2. The fraction of sp³-hybridized carbons (Fsp3) is 0.400. The highest BCUT2D eigenvalue weighted by atomic mass is 32.2.